The summed E-state index contributed by atoms with van der Waals surface area (Å²) in [6.45, 7) is 4.95. The van der Waals surface area contributed by atoms with Crippen LogP contribution in [0.5, 0.6) is 0 Å². The van der Waals surface area contributed by atoms with Crippen molar-refractivity contribution in [2.24, 2.45) is 28.6 Å². The van der Waals surface area contributed by atoms with Crippen LogP contribution in [0.1, 0.15) is 58.8 Å². The van der Waals surface area contributed by atoms with E-state index in [2.05, 4.69) is 26.0 Å². The van der Waals surface area contributed by atoms with Crippen molar-refractivity contribution in [2.75, 3.05) is 0 Å². The summed E-state index contributed by atoms with van der Waals surface area (Å²) in [4.78, 5) is 11.8. The average Bonchev–Trinajstić information content (AvgIpc) is 2.81. The number of rotatable bonds is 0. The molecule has 0 spiro atoms. The summed E-state index contributed by atoms with van der Waals surface area (Å²) in [6, 6.07) is 0. The van der Waals surface area contributed by atoms with Crippen LogP contribution in [0.3, 0.4) is 0 Å². The molecule has 1 heteroatoms. The summed E-state index contributed by atoms with van der Waals surface area (Å²) in [5.74, 6) is 2.96. The molecule has 0 saturated heterocycles. The highest BCUT2D eigenvalue weighted by atomic mass is 16.1. The van der Waals surface area contributed by atoms with E-state index in [9.17, 15) is 4.79 Å². The number of carbonyl (C=O) groups is 1. The van der Waals surface area contributed by atoms with Crippen molar-refractivity contribution in [3.63, 3.8) is 0 Å². The van der Waals surface area contributed by atoms with Gasteiger partial charge in [-0.3, -0.25) is 4.79 Å². The van der Waals surface area contributed by atoms with Gasteiger partial charge in [-0.1, -0.05) is 31.6 Å². The molecular weight excluding hydrogens is 244 g/mol. The maximum atomic E-state index is 11.8. The molecule has 2 saturated carbocycles. The Hall–Kier alpha value is -0.850. The topological polar surface area (TPSA) is 17.1 Å². The molecule has 4 rings (SSSR count). The number of hydrogen-bond donors (Lipinski definition) is 0. The van der Waals surface area contributed by atoms with Gasteiger partial charge in [-0.15, -0.1) is 0 Å². The third-order valence-electron chi connectivity index (χ3n) is 7.29. The Morgan fingerprint density at radius 1 is 1.10 bits per heavy atom. The molecule has 20 heavy (non-hydrogen) atoms. The van der Waals surface area contributed by atoms with E-state index in [1.54, 1.807) is 0 Å². The smallest absolute Gasteiger partial charge is 0.155 e. The lowest BCUT2D eigenvalue weighted by atomic mass is 9.47. The van der Waals surface area contributed by atoms with Gasteiger partial charge >= 0.3 is 0 Å². The van der Waals surface area contributed by atoms with Gasteiger partial charge in [0.15, 0.2) is 5.78 Å². The van der Waals surface area contributed by atoms with Crippen LogP contribution in [0.2, 0.25) is 0 Å². The van der Waals surface area contributed by atoms with Crippen molar-refractivity contribution in [1.82, 2.24) is 0 Å². The Balaban J connectivity index is 1.70. The average molecular weight is 270 g/mol. The molecule has 108 valence electrons. The summed E-state index contributed by atoms with van der Waals surface area (Å²) in [5, 5.41) is 0. The third kappa shape index (κ3) is 1.58. The van der Waals surface area contributed by atoms with Crippen molar-refractivity contribution < 1.29 is 4.79 Å². The molecule has 4 aliphatic rings. The van der Waals surface area contributed by atoms with Crippen LogP contribution >= 0.6 is 0 Å². The van der Waals surface area contributed by atoms with Gasteiger partial charge in [0.05, 0.1) is 0 Å². The van der Waals surface area contributed by atoms with E-state index in [4.69, 9.17) is 0 Å². The Morgan fingerprint density at radius 3 is 2.80 bits per heavy atom. The number of fused-ring (bicyclic) bond motifs is 5. The minimum atomic E-state index is 0.334. The molecule has 5 atom stereocenters. The number of ketones is 1. The van der Waals surface area contributed by atoms with Crippen LogP contribution in [0.4, 0.5) is 0 Å². The summed E-state index contributed by atoms with van der Waals surface area (Å²) in [6.07, 6.45) is 15.4. The van der Waals surface area contributed by atoms with Crippen LogP contribution in [0.25, 0.3) is 0 Å². The summed E-state index contributed by atoms with van der Waals surface area (Å²) in [5.41, 5.74) is 2.30. The van der Waals surface area contributed by atoms with Crippen molar-refractivity contribution in [2.45, 2.75) is 58.8 Å². The van der Waals surface area contributed by atoms with Gasteiger partial charge in [-0.2, -0.15) is 0 Å². The standard InChI is InChI=1S/C19H26O/c1-18-9-3-4-16(18)15-6-5-13-12-14(20)7-11-19(13,2)17(15)8-10-18/h3,9,12,15-17H,4-8,10-11H2,1-2H3/t15-,16-,17-,18-,19-/m1/s1. The second kappa shape index (κ2) is 4.08. The van der Waals surface area contributed by atoms with Gasteiger partial charge in [-0.05, 0) is 73.2 Å². The van der Waals surface area contributed by atoms with Crippen LogP contribution in [0, 0.1) is 28.6 Å². The van der Waals surface area contributed by atoms with Gasteiger partial charge in [0, 0.05) is 6.42 Å². The zero-order valence-corrected chi connectivity index (χ0v) is 12.8. The maximum Gasteiger partial charge on any atom is 0.155 e. The quantitative estimate of drug-likeness (QED) is 0.584. The molecular formula is C19H26O. The molecule has 0 amide bonds. The van der Waals surface area contributed by atoms with Gasteiger partial charge in [0.2, 0.25) is 0 Å². The number of allylic oxidation sites excluding steroid dienone is 4. The van der Waals surface area contributed by atoms with Crippen molar-refractivity contribution >= 4 is 5.78 Å². The van der Waals surface area contributed by atoms with Crippen LogP contribution < -0.4 is 0 Å². The lowest BCUT2D eigenvalue weighted by Crippen LogP contribution is -2.49. The third-order valence-corrected chi connectivity index (χ3v) is 7.29. The molecule has 2 fully saturated rings. The molecule has 0 radical (unpaired) electrons. The van der Waals surface area contributed by atoms with Gasteiger partial charge in [0.25, 0.3) is 0 Å². The molecule has 0 N–H and O–H groups in total. The van der Waals surface area contributed by atoms with E-state index in [0.717, 1.165) is 30.6 Å². The van der Waals surface area contributed by atoms with E-state index >= 15 is 0 Å². The number of carbonyl (C=O) groups excluding carboxylic acids is 1. The zero-order valence-electron chi connectivity index (χ0n) is 12.8. The first-order valence-corrected chi connectivity index (χ1v) is 8.44. The molecule has 0 aromatic heterocycles. The fourth-order valence-corrected chi connectivity index (χ4v) is 6.04. The Bertz CT molecular complexity index is 514. The highest BCUT2D eigenvalue weighted by Gasteiger charge is 2.54. The minimum absolute atomic E-state index is 0.334. The molecule has 1 nitrogen and oxygen atoms in total. The lowest BCUT2D eigenvalue weighted by molar-refractivity contribution is -0.117. The van der Waals surface area contributed by atoms with Gasteiger partial charge < -0.3 is 0 Å². The molecule has 0 bridgehead atoms. The van der Waals surface area contributed by atoms with E-state index in [0.29, 0.717) is 16.6 Å². The molecule has 0 aromatic carbocycles. The number of hydrogen-bond acceptors (Lipinski definition) is 1. The SMILES string of the molecule is C[C@]12C=CC[C@@H]1[C@H]1CCC3=CC(=O)CC[C@@]3(C)[C@@H]1CC2. The van der Waals surface area contributed by atoms with Gasteiger partial charge in [-0.25, -0.2) is 0 Å². The first kappa shape index (κ1) is 12.9. The summed E-state index contributed by atoms with van der Waals surface area (Å²) < 4.78 is 0. The first-order chi connectivity index (χ1) is 9.53. The maximum absolute atomic E-state index is 11.8. The molecule has 0 aromatic rings. The highest BCUT2D eigenvalue weighted by molar-refractivity contribution is 5.91. The second-order valence-electron chi connectivity index (χ2n) is 8.15. The molecule has 0 aliphatic heterocycles. The van der Waals surface area contributed by atoms with E-state index in [1.807, 2.05) is 6.08 Å². The monoisotopic (exact) mass is 270 g/mol. The molecule has 0 unspecified atom stereocenters. The van der Waals surface area contributed by atoms with Crippen molar-refractivity contribution in [1.29, 1.82) is 0 Å². The predicted octanol–water partition coefficient (Wildman–Crippen LogP) is 4.68. The fraction of sp³-hybridized carbons (Fsp3) is 0.737. The summed E-state index contributed by atoms with van der Waals surface area (Å²) in [7, 11) is 0. The molecule has 0 heterocycles. The van der Waals surface area contributed by atoms with Crippen molar-refractivity contribution in [3.05, 3.63) is 23.8 Å². The largest absolute Gasteiger partial charge is 0.295 e. The summed E-state index contributed by atoms with van der Waals surface area (Å²) >= 11 is 0. The van der Waals surface area contributed by atoms with Crippen LogP contribution in [-0.2, 0) is 4.79 Å². The lowest BCUT2D eigenvalue weighted by Gasteiger charge is -2.57. The first-order valence-electron chi connectivity index (χ1n) is 8.44. The fourth-order valence-electron chi connectivity index (χ4n) is 6.04. The van der Waals surface area contributed by atoms with E-state index in [1.165, 1.54) is 37.7 Å². The Labute approximate surface area is 122 Å². The van der Waals surface area contributed by atoms with Crippen LogP contribution in [-0.4, -0.2) is 5.78 Å². The van der Waals surface area contributed by atoms with Gasteiger partial charge in [0.1, 0.15) is 0 Å². The highest BCUT2D eigenvalue weighted by Crippen LogP contribution is 2.63. The normalized spacial score (nSPS) is 50.2. The zero-order chi connectivity index (χ0) is 14.0. The molecule has 4 aliphatic carbocycles. The predicted molar refractivity (Wildman–Crippen MR) is 81.2 cm³/mol. The second-order valence-corrected chi connectivity index (χ2v) is 8.15. The van der Waals surface area contributed by atoms with Crippen molar-refractivity contribution in [3.8, 4) is 0 Å². The van der Waals surface area contributed by atoms with E-state index < -0.39 is 0 Å². The van der Waals surface area contributed by atoms with E-state index in [-0.39, 0.29) is 0 Å². The minimum Gasteiger partial charge on any atom is -0.295 e. The Kier molecular flexibility index (Phi) is 2.63. The van der Waals surface area contributed by atoms with Crippen LogP contribution in [0.15, 0.2) is 23.8 Å². The Morgan fingerprint density at radius 2 is 1.95 bits per heavy atom.